The van der Waals surface area contributed by atoms with Gasteiger partial charge in [-0.25, -0.2) is 0 Å². The maximum atomic E-state index is 13.4. The predicted molar refractivity (Wildman–Crippen MR) is 145 cm³/mol. The lowest BCUT2D eigenvalue weighted by atomic mass is 9.82. The van der Waals surface area contributed by atoms with Crippen LogP contribution in [0.4, 0.5) is 0 Å². The molecule has 7 heteroatoms. The Balaban J connectivity index is 2.16. The van der Waals surface area contributed by atoms with Crippen LogP contribution >= 0.6 is 0 Å². The first-order chi connectivity index (χ1) is 17.2. The minimum atomic E-state index is -0.867. The quantitative estimate of drug-likeness (QED) is 0.295. The van der Waals surface area contributed by atoms with Crippen molar-refractivity contribution in [3.8, 4) is 40.1 Å². The fourth-order valence-electron chi connectivity index (χ4n) is 4.53. The summed E-state index contributed by atoms with van der Waals surface area (Å²) in [5, 5.41) is 42.9. The van der Waals surface area contributed by atoms with Crippen LogP contribution < -0.4 is 10.2 Å². The summed E-state index contributed by atoms with van der Waals surface area (Å²) in [5.74, 6) is -1.63. The maximum Gasteiger partial charge on any atom is 0.238 e. The summed E-state index contributed by atoms with van der Waals surface area (Å²) in [5.41, 5.74) is 0.361. The SMILES string of the molecule is C=CC(C)(C)c1c(O)cc(O)c2c(=O)c(O)c(-c3cc(O)c4c(c3CC=C(C)C)C=CC(C)(C)O4)oc12. The monoisotopic (exact) mass is 504 g/mol. The lowest BCUT2D eigenvalue weighted by Gasteiger charge is -2.30. The normalized spacial score (nSPS) is 14.2. The van der Waals surface area contributed by atoms with E-state index in [0.717, 1.165) is 11.6 Å². The van der Waals surface area contributed by atoms with Crippen molar-refractivity contribution in [3.05, 3.63) is 69.4 Å². The highest BCUT2D eigenvalue weighted by Gasteiger charge is 2.32. The largest absolute Gasteiger partial charge is 0.507 e. The Morgan fingerprint density at radius 2 is 1.76 bits per heavy atom. The van der Waals surface area contributed by atoms with Crippen molar-refractivity contribution >= 4 is 17.0 Å². The molecular formula is C30H32O7. The van der Waals surface area contributed by atoms with Crippen molar-refractivity contribution in [1.29, 1.82) is 0 Å². The van der Waals surface area contributed by atoms with Gasteiger partial charge >= 0.3 is 0 Å². The van der Waals surface area contributed by atoms with Crippen molar-refractivity contribution in [2.45, 2.75) is 59.0 Å². The van der Waals surface area contributed by atoms with Crippen LogP contribution in [0.5, 0.6) is 28.7 Å². The van der Waals surface area contributed by atoms with Gasteiger partial charge in [0.25, 0.3) is 0 Å². The van der Waals surface area contributed by atoms with Gasteiger partial charge in [-0.2, -0.15) is 0 Å². The van der Waals surface area contributed by atoms with Crippen molar-refractivity contribution in [1.82, 2.24) is 0 Å². The number of hydrogen-bond donors (Lipinski definition) is 4. The summed E-state index contributed by atoms with van der Waals surface area (Å²) in [6.45, 7) is 15.0. The van der Waals surface area contributed by atoms with E-state index >= 15 is 0 Å². The van der Waals surface area contributed by atoms with Gasteiger partial charge in [-0.3, -0.25) is 4.79 Å². The third-order valence-electron chi connectivity index (χ3n) is 6.64. The second kappa shape index (κ2) is 8.76. The minimum Gasteiger partial charge on any atom is -0.507 e. The van der Waals surface area contributed by atoms with E-state index in [-0.39, 0.29) is 39.4 Å². The van der Waals surface area contributed by atoms with E-state index in [9.17, 15) is 25.2 Å². The molecule has 0 fully saturated rings. The smallest absolute Gasteiger partial charge is 0.238 e. The molecule has 37 heavy (non-hydrogen) atoms. The Morgan fingerprint density at radius 1 is 1.08 bits per heavy atom. The van der Waals surface area contributed by atoms with Gasteiger partial charge in [0.15, 0.2) is 17.3 Å². The molecule has 1 aliphatic heterocycles. The zero-order chi connectivity index (χ0) is 27.4. The van der Waals surface area contributed by atoms with E-state index in [0.29, 0.717) is 23.3 Å². The molecule has 4 rings (SSSR count). The molecular weight excluding hydrogens is 472 g/mol. The van der Waals surface area contributed by atoms with Crippen LogP contribution in [0.2, 0.25) is 0 Å². The number of phenols is 3. The van der Waals surface area contributed by atoms with Gasteiger partial charge in [0, 0.05) is 28.2 Å². The first kappa shape index (κ1) is 25.9. The maximum absolute atomic E-state index is 13.4. The van der Waals surface area contributed by atoms with Gasteiger partial charge < -0.3 is 29.6 Å². The van der Waals surface area contributed by atoms with Crippen LogP contribution in [-0.2, 0) is 11.8 Å². The molecule has 0 amide bonds. The van der Waals surface area contributed by atoms with Crippen LogP contribution in [0.25, 0.3) is 28.4 Å². The second-order valence-corrected chi connectivity index (χ2v) is 10.7. The van der Waals surface area contributed by atoms with E-state index in [1.165, 1.54) is 6.07 Å². The lowest BCUT2D eigenvalue weighted by Crippen LogP contribution is -2.28. The molecule has 3 aromatic rings. The minimum absolute atomic E-state index is 0.0847. The third-order valence-corrected chi connectivity index (χ3v) is 6.64. The molecule has 0 radical (unpaired) electrons. The van der Waals surface area contributed by atoms with Gasteiger partial charge in [-0.15, -0.1) is 6.58 Å². The van der Waals surface area contributed by atoms with Gasteiger partial charge in [0.05, 0.1) is 0 Å². The topological polar surface area (TPSA) is 120 Å². The van der Waals surface area contributed by atoms with Gasteiger partial charge in [0.2, 0.25) is 11.2 Å². The van der Waals surface area contributed by atoms with Gasteiger partial charge in [-0.1, -0.05) is 37.6 Å². The lowest BCUT2D eigenvalue weighted by molar-refractivity contribution is 0.152. The summed E-state index contributed by atoms with van der Waals surface area (Å²) >= 11 is 0. The highest BCUT2D eigenvalue weighted by molar-refractivity contribution is 5.93. The molecule has 0 saturated carbocycles. The standard InChI is InChI=1S/C30H32O7/c1-8-29(4,5)23-20(32)14-19(31)22-24(34)25(35)27(36-28(22)23)18-13-21(33)26-17(11-12-30(6,7)37-26)16(18)10-9-15(2)3/h8-9,11-14,31-33,35H,1,10H2,2-7H3. The van der Waals surface area contributed by atoms with Crippen LogP contribution in [0.1, 0.15) is 58.2 Å². The Bertz CT molecular complexity index is 1560. The molecule has 2 aromatic carbocycles. The summed E-state index contributed by atoms with van der Waals surface area (Å²) in [4.78, 5) is 13.4. The van der Waals surface area contributed by atoms with Gasteiger partial charge in [-0.05, 0) is 51.8 Å². The molecule has 7 nitrogen and oxygen atoms in total. The number of allylic oxidation sites excluding steroid dienone is 3. The first-order valence-electron chi connectivity index (χ1n) is 12.0. The molecule has 4 N–H and O–H groups in total. The van der Waals surface area contributed by atoms with E-state index in [4.69, 9.17) is 9.15 Å². The number of aromatic hydroxyl groups is 4. The molecule has 0 saturated heterocycles. The number of hydrogen-bond acceptors (Lipinski definition) is 7. The molecule has 0 aliphatic carbocycles. The molecule has 0 unspecified atom stereocenters. The summed E-state index contributed by atoms with van der Waals surface area (Å²) in [7, 11) is 0. The van der Waals surface area contributed by atoms with E-state index in [1.54, 1.807) is 19.9 Å². The zero-order valence-corrected chi connectivity index (χ0v) is 21.9. The molecule has 0 bridgehead atoms. The predicted octanol–water partition coefficient (Wildman–Crippen LogP) is 6.44. The average Bonchev–Trinajstić information content (AvgIpc) is 2.79. The summed E-state index contributed by atoms with van der Waals surface area (Å²) in [6.07, 6.45) is 7.66. The van der Waals surface area contributed by atoms with Gasteiger partial charge in [0.1, 0.15) is 28.1 Å². The van der Waals surface area contributed by atoms with Crippen molar-refractivity contribution in [2.75, 3.05) is 0 Å². The van der Waals surface area contributed by atoms with E-state index in [2.05, 4.69) is 6.58 Å². The Kier molecular flexibility index (Phi) is 6.15. The number of rotatable bonds is 5. The highest BCUT2D eigenvalue weighted by atomic mass is 16.5. The van der Waals surface area contributed by atoms with Crippen LogP contribution in [0.3, 0.4) is 0 Å². The van der Waals surface area contributed by atoms with E-state index < -0.39 is 27.9 Å². The fraction of sp³-hybridized carbons (Fsp3) is 0.300. The molecule has 194 valence electrons. The highest BCUT2D eigenvalue weighted by Crippen LogP contribution is 2.48. The third kappa shape index (κ3) is 4.35. The average molecular weight is 505 g/mol. The number of ether oxygens (including phenoxy) is 1. The Morgan fingerprint density at radius 3 is 2.38 bits per heavy atom. The Hall–Kier alpha value is -4.13. The van der Waals surface area contributed by atoms with E-state index in [1.807, 2.05) is 45.9 Å². The zero-order valence-electron chi connectivity index (χ0n) is 21.9. The second-order valence-electron chi connectivity index (χ2n) is 10.7. The first-order valence-corrected chi connectivity index (χ1v) is 12.0. The Labute approximate surface area is 215 Å². The fourth-order valence-corrected chi connectivity index (χ4v) is 4.53. The summed E-state index contributed by atoms with van der Waals surface area (Å²) < 4.78 is 12.2. The van der Waals surface area contributed by atoms with Crippen LogP contribution in [0.15, 0.2) is 51.7 Å². The number of benzene rings is 2. The van der Waals surface area contributed by atoms with Crippen LogP contribution in [0, 0.1) is 0 Å². The number of phenolic OH excluding ortho intramolecular Hbond substituents is 3. The molecule has 0 spiro atoms. The molecule has 1 aromatic heterocycles. The van der Waals surface area contributed by atoms with Crippen LogP contribution in [-0.4, -0.2) is 26.0 Å². The van der Waals surface area contributed by atoms with Crippen molar-refractivity contribution in [3.63, 3.8) is 0 Å². The molecule has 2 heterocycles. The molecule has 1 aliphatic rings. The summed E-state index contributed by atoms with van der Waals surface area (Å²) in [6, 6.07) is 2.45. The van der Waals surface area contributed by atoms with Crippen molar-refractivity contribution in [2.24, 2.45) is 0 Å². The molecule has 0 atom stereocenters. The van der Waals surface area contributed by atoms with Crippen molar-refractivity contribution < 1.29 is 29.6 Å². The number of fused-ring (bicyclic) bond motifs is 2.